The van der Waals surface area contributed by atoms with Gasteiger partial charge in [-0.2, -0.15) is 0 Å². The molecule has 3 aromatic carbocycles. The topological polar surface area (TPSA) is 188 Å². The SMILES string of the molecule is O=C(COC(=O)[C@H]1CC(=O)N(NC(=O)c2ccccc2[N+](=O)[O-])C1)c1ccc(Oc2ccc([N+](=O)[O-])cc2)cc1. The van der Waals surface area contributed by atoms with E-state index in [1.54, 1.807) is 0 Å². The zero-order valence-corrected chi connectivity index (χ0v) is 20.6. The first-order valence-corrected chi connectivity index (χ1v) is 11.7. The minimum absolute atomic E-state index is 0.0826. The van der Waals surface area contributed by atoms with Gasteiger partial charge in [-0.25, -0.2) is 0 Å². The van der Waals surface area contributed by atoms with Crippen molar-refractivity contribution in [3.63, 3.8) is 0 Å². The third kappa shape index (κ3) is 6.42. The van der Waals surface area contributed by atoms with E-state index in [1.807, 2.05) is 0 Å². The molecule has 1 aliphatic heterocycles. The number of nitrogens with zero attached hydrogens (tertiary/aromatic N) is 3. The molecule has 1 aliphatic rings. The van der Waals surface area contributed by atoms with Crippen LogP contribution < -0.4 is 10.2 Å². The van der Waals surface area contributed by atoms with E-state index in [0.29, 0.717) is 11.5 Å². The van der Waals surface area contributed by atoms with Gasteiger partial charge >= 0.3 is 5.97 Å². The highest BCUT2D eigenvalue weighted by Gasteiger charge is 2.37. The number of non-ortho nitro benzene ring substituents is 1. The second kappa shape index (κ2) is 11.8. The van der Waals surface area contributed by atoms with Crippen LogP contribution in [0, 0.1) is 26.1 Å². The number of hydrazine groups is 1. The first kappa shape index (κ1) is 27.4. The van der Waals surface area contributed by atoms with E-state index in [9.17, 15) is 39.4 Å². The molecule has 1 saturated heterocycles. The lowest BCUT2D eigenvalue weighted by atomic mass is 10.1. The van der Waals surface area contributed by atoms with E-state index in [0.717, 1.165) is 11.1 Å². The average molecular weight is 548 g/mol. The van der Waals surface area contributed by atoms with Crippen LogP contribution in [-0.4, -0.2) is 51.6 Å². The van der Waals surface area contributed by atoms with Crippen LogP contribution in [0.5, 0.6) is 11.5 Å². The summed E-state index contributed by atoms with van der Waals surface area (Å²) >= 11 is 0. The molecule has 4 rings (SSSR count). The molecule has 0 bridgehead atoms. The number of carbonyl (C=O) groups is 4. The van der Waals surface area contributed by atoms with Gasteiger partial charge in [0.1, 0.15) is 17.1 Å². The van der Waals surface area contributed by atoms with Crippen LogP contribution in [0.3, 0.4) is 0 Å². The van der Waals surface area contributed by atoms with Crippen molar-refractivity contribution in [3.05, 3.63) is 104 Å². The fraction of sp³-hybridized carbons (Fsp3) is 0.154. The van der Waals surface area contributed by atoms with E-state index >= 15 is 0 Å². The third-order valence-corrected chi connectivity index (χ3v) is 5.85. The van der Waals surface area contributed by atoms with Gasteiger partial charge < -0.3 is 9.47 Å². The summed E-state index contributed by atoms with van der Waals surface area (Å²) in [6, 6.07) is 16.6. The second-order valence-corrected chi connectivity index (χ2v) is 8.53. The Labute approximate surface area is 225 Å². The summed E-state index contributed by atoms with van der Waals surface area (Å²) in [5.41, 5.74) is 1.73. The minimum atomic E-state index is -0.955. The number of benzene rings is 3. The predicted molar refractivity (Wildman–Crippen MR) is 135 cm³/mol. The molecule has 0 unspecified atom stereocenters. The van der Waals surface area contributed by atoms with Crippen molar-refractivity contribution in [3.8, 4) is 11.5 Å². The van der Waals surface area contributed by atoms with Gasteiger partial charge in [0.25, 0.3) is 17.3 Å². The number of carbonyl (C=O) groups excluding carboxylic acids is 4. The number of Topliss-reactive ketones (excluding diaryl/α,β-unsaturated/α-hetero) is 1. The smallest absolute Gasteiger partial charge is 0.311 e. The van der Waals surface area contributed by atoms with Gasteiger partial charge in [-0.05, 0) is 42.5 Å². The van der Waals surface area contributed by atoms with Crippen molar-refractivity contribution in [2.45, 2.75) is 6.42 Å². The molecule has 204 valence electrons. The van der Waals surface area contributed by atoms with E-state index in [2.05, 4.69) is 5.43 Å². The Balaban J connectivity index is 1.27. The molecular weight excluding hydrogens is 528 g/mol. The van der Waals surface area contributed by atoms with E-state index in [-0.39, 0.29) is 29.8 Å². The number of nitrogens with one attached hydrogen (secondary N) is 1. The second-order valence-electron chi connectivity index (χ2n) is 8.53. The van der Waals surface area contributed by atoms with Crippen molar-refractivity contribution < 1.29 is 38.5 Å². The Morgan fingerprint density at radius 2 is 1.52 bits per heavy atom. The van der Waals surface area contributed by atoms with E-state index < -0.39 is 51.6 Å². The van der Waals surface area contributed by atoms with Crippen LogP contribution in [0.2, 0.25) is 0 Å². The lowest BCUT2D eigenvalue weighted by Gasteiger charge is -2.17. The van der Waals surface area contributed by atoms with Crippen molar-refractivity contribution in [1.82, 2.24) is 10.4 Å². The third-order valence-electron chi connectivity index (χ3n) is 5.85. The van der Waals surface area contributed by atoms with E-state index in [1.165, 1.54) is 66.7 Å². The van der Waals surface area contributed by atoms with Crippen molar-refractivity contribution in [2.24, 2.45) is 5.92 Å². The summed E-state index contributed by atoms with van der Waals surface area (Å²) in [5.74, 6) is -3.03. The van der Waals surface area contributed by atoms with Crippen LogP contribution in [0.1, 0.15) is 27.1 Å². The molecule has 1 heterocycles. The zero-order valence-electron chi connectivity index (χ0n) is 20.6. The fourth-order valence-corrected chi connectivity index (χ4v) is 3.80. The summed E-state index contributed by atoms with van der Waals surface area (Å²) in [6.07, 6.45) is -0.279. The molecule has 0 spiro atoms. The van der Waals surface area contributed by atoms with E-state index in [4.69, 9.17) is 9.47 Å². The average Bonchev–Trinajstić information content (AvgIpc) is 3.32. The summed E-state index contributed by atoms with van der Waals surface area (Å²) < 4.78 is 10.7. The number of esters is 1. The molecule has 1 N–H and O–H groups in total. The number of nitro benzene ring substituents is 2. The van der Waals surface area contributed by atoms with Crippen LogP contribution in [-0.2, 0) is 14.3 Å². The monoisotopic (exact) mass is 548 g/mol. The molecule has 0 aliphatic carbocycles. The van der Waals surface area contributed by atoms with Crippen LogP contribution in [0.4, 0.5) is 11.4 Å². The van der Waals surface area contributed by atoms with Gasteiger partial charge in [-0.1, -0.05) is 12.1 Å². The largest absolute Gasteiger partial charge is 0.457 e. The number of rotatable bonds is 10. The number of ether oxygens (including phenoxy) is 2. The fourth-order valence-electron chi connectivity index (χ4n) is 3.80. The Hall–Kier alpha value is -5.66. The normalized spacial score (nSPS) is 14.3. The van der Waals surface area contributed by atoms with Crippen LogP contribution >= 0.6 is 0 Å². The van der Waals surface area contributed by atoms with Gasteiger partial charge in [0.2, 0.25) is 5.91 Å². The Kier molecular flexibility index (Phi) is 8.08. The predicted octanol–water partition coefficient (Wildman–Crippen LogP) is 3.21. The molecule has 1 atom stereocenters. The van der Waals surface area contributed by atoms with Gasteiger partial charge in [0.05, 0.1) is 22.3 Å². The number of para-hydroxylation sites is 1. The molecular formula is C26H20N4O10. The standard InChI is InChI=1S/C26H20N4O10/c31-23(16-5-9-19(10-6-16)40-20-11-7-18(8-12-20)29(35)36)15-39-26(34)17-13-24(32)28(14-17)27-25(33)21-3-1-2-4-22(21)30(37)38/h1-12,17H,13-15H2,(H,27,33)/t17-/m0/s1. The molecule has 14 heteroatoms. The maximum Gasteiger partial charge on any atom is 0.311 e. The van der Waals surface area contributed by atoms with Gasteiger partial charge in [0.15, 0.2) is 12.4 Å². The lowest BCUT2D eigenvalue weighted by molar-refractivity contribution is -0.385. The van der Waals surface area contributed by atoms with Gasteiger partial charge in [0, 0.05) is 30.2 Å². The molecule has 14 nitrogen and oxygen atoms in total. The highest BCUT2D eigenvalue weighted by molar-refractivity contribution is 6.00. The summed E-state index contributed by atoms with van der Waals surface area (Å²) in [4.78, 5) is 70.4. The highest BCUT2D eigenvalue weighted by Crippen LogP contribution is 2.25. The van der Waals surface area contributed by atoms with Crippen molar-refractivity contribution >= 4 is 34.9 Å². The maximum atomic E-state index is 12.5. The lowest BCUT2D eigenvalue weighted by Crippen LogP contribution is -2.43. The number of ketones is 1. The maximum absolute atomic E-state index is 12.5. The van der Waals surface area contributed by atoms with Crippen molar-refractivity contribution in [1.29, 1.82) is 0 Å². The number of hydrogen-bond donors (Lipinski definition) is 1. The highest BCUT2D eigenvalue weighted by atomic mass is 16.6. The Morgan fingerprint density at radius 3 is 2.15 bits per heavy atom. The zero-order chi connectivity index (χ0) is 28.8. The van der Waals surface area contributed by atoms with Crippen molar-refractivity contribution in [2.75, 3.05) is 13.2 Å². The van der Waals surface area contributed by atoms with Gasteiger partial charge in [-0.15, -0.1) is 0 Å². The quantitative estimate of drug-likeness (QED) is 0.170. The molecule has 40 heavy (non-hydrogen) atoms. The molecule has 1 fully saturated rings. The van der Waals surface area contributed by atoms with Gasteiger partial charge in [-0.3, -0.25) is 49.8 Å². The van der Waals surface area contributed by atoms with Crippen LogP contribution in [0.25, 0.3) is 0 Å². The number of hydrogen-bond acceptors (Lipinski definition) is 10. The molecule has 3 aromatic rings. The first-order chi connectivity index (χ1) is 19.1. The summed E-state index contributed by atoms with van der Waals surface area (Å²) in [5, 5.41) is 22.8. The number of nitro groups is 2. The first-order valence-electron chi connectivity index (χ1n) is 11.7. The molecule has 0 aromatic heterocycles. The molecule has 0 radical (unpaired) electrons. The molecule has 2 amide bonds. The summed E-state index contributed by atoms with van der Waals surface area (Å²) in [7, 11) is 0. The minimum Gasteiger partial charge on any atom is -0.457 e. The van der Waals surface area contributed by atoms with Crippen LogP contribution in [0.15, 0.2) is 72.8 Å². The molecule has 0 saturated carbocycles. The number of amides is 2. The summed E-state index contributed by atoms with van der Waals surface area (Å²) in [6.45, 7) is -0.818. The Bertz CT molecular complexity index is 1490. The Morgan fingerprint density at radius 1 is 0.900 bits per heavy atom.